The van der Waals surface area contributed by atoms with Gasteiger partial charge in [-0.1, -0.05) is 58.4 Å². The number of carbonyl (C=O) groups excluding carboxylic acids is 1. The van der Waals surface area contributed by atoms with Gasteiger partial charge in [0.15, 0.2) is 0 Å². The van der Waals surface area contributed by atoms with Crippen LogP contribution in [0.15, 0.2) is 18.2 Å². The number of benzene rings is 1. The van der Waals surface area contributed by atoms with E-state index >= 15 is 0 Å². The second-order valence-corrected chi connectivity index (χ2v) is 6.88. The topological polar surface area (TPSA) is 29.1 Å². The number of hydrogen-bond acceptors (Lipinski definition) is 1. The van der Waals surface area contributed by atoms with Crippen LogP contribution in [0.2, 0.25) is 10.0 Å². The molecule has 1 N–H and O–H groups in total. The van der Waals surface area contributed by atoms with Gasteiger partial charge in [-0.15, -0.1) is 0 Å². The Labute approximate surface area is 132 Å². The van der Waals surface area contributed by atoms with Crippen LogP contribution < -0.4 is 5.32 Å². The molecule has 104 valence electrons. The molecule has 0 radical (unpaired) electrons. The highest BCUT2D eigenvalue weighted by molar-refractivity contribution is 9.09. The van der Waals surface area contributed by atoms with E-state index in [2.05, 4.69) is 21.2 Å². The summed E-state index contributed by atoms with van der Waals surface area (Å²) in [7, 11) is 0. The smallest absolute Gasteiger partial charge is 0.253 e. The Kier molecular flexibility index (Phi) is 5.55. The van der Waals surface area contributed by atoms with Crippen molar-refractivity contribution in [3.05, 3.63) is 33.8 Å². The first-order chi connectivity index (χ1) is 9.08. The maximum absolute atomic E-state index is 12.3. The van der Waals surface area contributed by atoms with Crippen molar-refractivity contribution < 1.29 is 4.79 Å². The van der Waals surface area contributed by atoms with Crippen LogP contribution in [0, 0.1) is 0 Å². The average molecular weight is 365 g/mol. The molecule has 5 heteroatoms. The maximum Gasteiger partial charge on any atom is 0.253 e. The monoisotopic (exact) mass is 363 g/mol. The molecule has 0 aliphatic heterocycles. The average Bonchev–Trinajstić information content (AvgIpc) is 2.58. The van der Waals surface area contributed by atoms with Crippen LogP contribution in [-0.2, 0) is 0 Å². The van der Waals surface area contributed by atoms with Crippen molar-refractivity contribution in [1.29, 1.82) is 0 Å². The minimum absolute atomic E-state index is 0.149. The van der Waals surface area contributed by atoms with Gasteiger partial charge >= 0.3 is 0 Å². The molecule has 1 aromatic rings. The van der Waals surface area contributed by atoms with E-state index in [1.165, 1.54) is 12.8 Å². The lowest BCUT2D eigenvalue weighted by Gasteiger charge is -2.21. The minimum atomic E-state index is -0.149. The van der Waals surface area contributed by atoms with E-state index in [1.54, 1.807) is 18.2 Å². The van der Waals surface area contributed by atoms with Crippen molar-refractivity contribution in [3.8, 4) is 0 Å². The third kappa shape index (κ3) is 4.11. The Morgan fingerprint density at radius 3 is 2.74 bits per heavy atom. The highest BCUT2D eigenvalue weighted by Gasteiger charge is 2.24. The number of amides is 1. The van der Waals surface area contributed by atoms with Crippen LogP contribution in [0.3, 0.4) is 0 Å². The second-order valence-electron chi connectivity index (χ2n) is 4.86. The molecule has 1 aliphatic rings. The minimum Gasteiger partial charge on any atom is -0.348 e. The second kappa shape index (κ2) is 6.96. The molecule has 2 unspecified atom stereocenters. The number of rotatable bonds is 2. The molecule has 1 amide bonds. The molecule has 2 atom stereocenters. The summed E-state index contributed by atoms with van der Waals surface area (Å²) in [6.45, 7) is 0. The summed E-state index contributed by atoms with van der Waals surface area (Å²) < 4.78 is 0. The first kappa shape index (κ1) is 15.1. The molecule has 19 heavy (non-hydrogen) atoms. The van der Waals surface area contributed by atoms with Gasteiger partial charge in [0.2, 0.25) is 0 Å². The molecule has 0 bridgehead atoms. The van der Waals surface area contributed by atoms with Gasteiger partial charge in [-0.05, 0) is 31.0 Å². The predicted octanol–water partition coefficient (Wildman–Crippen LogP) is 4.82. The number of halogens is 3. The summed E-state index contributed by atoms with van der Waals surface area (Å²) in [4.78, 5) is 12.6. The third-order valence-corrected chi connectivity index (χ3v) is 5.08. The molecule has 1 fully saturated rings. The Hall–Kier alpha value is -0.250. The molecule has 1 saturated carbocycles. The van der Waals surface area contributed by atoms with Gasteiger partial charge in [-0.2, -0.15) is 0 Å². The first-order valence-electron chi connectivity index (χ1n) is 6.48. The largest absolute Gasteiger partial charge is 0.348 e. The molecule has 0 saturated heterocycles. The van der Waals surface area contributed by atoms with Crippen molar-refractivity contribution in [3.63, 3.8) is 0 Å². The first-order valence-corrected chi connectivity index (χ1v) is 8.15. The van der Waals surface area contributed by atoms with Gasteiger partial charge in [0.25, 0.3) is 5.91 Å². The van der Waals surface area contributed by atoms with Crippen LogP contribution in [0.5, 0.6) is 0 Å². The molecule has 0 heterocycles. The fourth-order valence-corrected chi connectivity index (χ4v) is 3.44. The Balaban J connectivity index is 2.09. The molecular weight excluding hydrogens is 349 g/mol. The molecule has 1 aliphatic carbocycles. The molecule has 0 aromatic heterocycles. The van der Waals surface area contributed by atoms with E-state index in [1.807, 2.05) is 0 Å². The fraction of sp³-hybridized carbons (Fsp3) is 0.500. The summed E-state index contributed by atoms with van der Waals surface area (Å²) in [6, 6.07) is 5.10. The van der Waals surface area contributed by atoms with Crippen LogP contribution >= 0.6 is 39.1 Å². The standard InChI is InChI=1S/C14H16BrCl2NO/c15-11-4-2-1-3-5-13(11)18-14(19)10-8-9(16)6-7-12(10)17/h6-8,11,13H,1-5H2,(H,18,19). The lowest BCUT2D eigenvalue weighted by Crippen LogP contribution is -2.40. The summed E-state index contributed by atoms with van der Waals surface area (Å²) in [5, 5.41) is 4.02. The van der Waals surface area contributed by atoms with E-state index < -0.39 is 0 Å². The van der Waals surface area contributed by atoms with Gasteiger partial charge < -0.3 is 5.32 Å². The lowest BCUT2D eigenvalue weighted by molar-refractivity contribution is 0.0935. The zero-order valence-corrected chi connectivity index (χ0v) is 13.6. The van der Waals surface area contributed by atoms with Crippen molar-refractivity contribution in [2.75, 3.05) is 0 Å². The van der Waals surface area contributed by atoms with E-state index in [0.29, 0.717) is 20.4 Å². The number of alkyl halides is 1. The van der Waals surface area contributed by atoms with E-state index in [4.69, 9.17) is 23.2 Å². The quantitative estimate of drug-likeness (QED) is 0.591. The summed E-state index contributed by atoms with van der Waals surface area (Å²) in [6.07, 6.45) is 5.68. The van der Waals surface area contributed by atoms with Crippen molar-refractivity contribution in [2.45, 2.75) is 43.0 Å². The van der Waals surface area contributed by atoms with E-state index in [0.717, 1.165) is 19.3 Å². The molecule has 2 nitrogen and oxygen atoms in total. The number of carbonyl (C=O) groups is 1. The van der Waals surface area contributed by atoms with Crippen LogP contribution in [0.4, 0.5) is 0 Å². The molecule has 0 spiro atoms. The molecule has 1 aromatic carbocycles. The maximum atomic E-state index is 12.3. The van der Waals surface area contributed by atoms with Crippen molar-refractivity contribution >= 4 is 45.0 Å². The summed E-state index contributed by atoms with van der Waals surface area (Å²) in [5.41, 5.74) is 0.443. The number of nitrogens with one attached hydrogen (secondary N) is 1. The van der Waals surface area contributed by atoms with E-state index in [-0.39, 0.29) is 11.9 Å². The summed E-state index contributed by atoms with van der Waals surface area (Å²) in [5.74, 6) is -0.149. The van der Waals surface area contributed by atoms with Crippen molar-refractivity contribution in [1.82, 2.24) is 5.32 Å². The van der Waals surface area contributed by atoms with Gasteiger partial charge in [0.05, 0.1) is 10.6 Å². The van der Waals surface area contributed by atoms with Gasteiger partial charge in [-0.25, -0.2) is 0 Å². The third-order valence-electron chi connectivity index (χ3n) is 3.42. The van der Waals surface area contributed by atoms with Crippen LogP contribution in [0.25, 0.3) is 0 Å². The highest BCUT2D eigenvalue weighted by atomic mass is 79.9. The summed E-state index contributed by atoms with van der Waals surface area (Å²) >= 11 is 15.6. The van der Waals surface area contributed by atoms with E-state index in [9.17, 15) is 4.79 Å². The van der Waals surface area contributed by atoms with Gasteiger partial charge in [0.1, 0.15) is 0 Å². The van der Waals surface area contributed by atoms with Gasteiger partial charge in [-0.3, -0.25) is 4.79 Å². The van der Waals surface area contributed by atoms with Crippen LogP contribution in [-0.4, -0.2) is 16.8 Å². The fourth-order valence-electron chi connectivity index (χ4n) is 2.34. The molecule has 2 rings (SSSR count). The SMILES string of the molecule is O=C(NC1CCCCCC1Br)c1cc(Cl)ccc1Cl. The Morgan fingerprint density at radius 2 is 1.95 bits per heavy atom. The normalized spacial score (nSPS) is 23.7. The highest BCUT2D eigenvalue weighted by Crippen LogP contribution is 2.25. The zero-order valence-electron chi connectivity index (χ0n) is 10.5. The predicted molar refractivity (Wildman–Crippen MR) is 83.5 cm³/mol. The Morgan fingerprint density at radius 1 is 1.21 bits per heavy atom. The number of hydrogen-bond donors (Lipinski definition) is 1. The van der Waals surface area contributed by atoms with Crippen LogP contribution in [0.1, 0.15) is 42.5 Å². The van der Waals surface area contributed by atoms with Gasteiger partial charge in [0, 0.05) is 15.9 Å². The Bertz CT molecular complexity index is 467. The molecular formula is C14H16BrCl2NO. The lowest BCUT2D eigenvalue weighted by atomic mass is 10.1. The zero-order chi connectivity index (χ0) is 13.8. The van der Waals surface area contributed by atoms with Crippen molar-refractivity contribution in [2.24, 2.45) is 0 Å².